The van der Waals surface area contributed by atoms with Crippen LogP contribution in [0.25, 0.3) is 0 Å². The van der Waals surface area contributed by atoms with E-state index < -0.39 is 0 Å². The van der Waals surface area contributed by atoms with Gasteiger partial charge in [0, 0.05) is 12.8 Å². The summed E-state index contributed by atoms with van der Waals surface area (Å²) >= 11 is 0. The van der Waals surface area contributed by atoms with Crippen molar-refractivity contribution in [1.82, 2.24) is 5.48 Å². The van der Waals surface area contributed by atoms with Gasteiger partial charge in [0.25, 0.3) is 0 Å². The summed E-state index contributed by atoms with van der Waals surface area (Å²) in [4.78, 5) is 5.29. The van der Waals surface area contributed by atoms with Gasteiger partial charge in [-0.3, -0.25) is 4.84 Å². The Labute approximate surface area is 60.6 Å². The normalized spacial score (nSPS) is 31.2. The minimum absolute atomic E-state index is 0.269. The molecule has 3 nitrogen and oxygen atoms in total. The Hall–Kier alpha value is -0.120. The van der Waals surface area contributed by atoms with Crippen molar-refractivity contribution >= 4 is 0 Å². The summed E-state index contributed by atoms with van der Waals surface area (Å²) < 4.78 is 5.43. The maximum atomic E-state index is 5.43. The van der Waals surface area contributed by atoms with Crippen molar-refractivity contribution in [1.29, 1.82) is 0 Å². The van der Waals surface area contributed by atoms with Crippen LogP contribution in [0.15, 0.2) is 0 Å². The Kier molecular flexibility index (Phi) is 1.64. The van der Waals surface area contributed by atoms with Crippen LogP contribution in [0.4, 0.5) is 0 Å². The number of hydrogen-bond acceptors (Lipinski definition) is 3. The van der Waals surface area contributed by atoms with Gasteiger partial charge in [-0.05, 0) is 19.3 Å². The van der Waals surface area contributed by atoms with Crippen molar-refractivity contribution in [3.8, 4) is 0 Å². The van der Waals surface area contributed by atoms with E-state index in [-0.39, 0.29) is 5.79 Å². The van der Waals surface area contributed by atoms with Crippen molar-refractivity contribution in [3.63, 3.8) is 0 Å². The van der Waals surface area contributed by atoms with Gasteiger partial charge in [-0.2, -0.15) is 5.48 Å². The zero-order chi connectivity index (χ0) is 6.86. The van der Waals surface area contributed by atoms with E-state index in [9.17, 15) is 0 Å². The molecule has 1 spiro atoms. The smallest absolute Gasteiger partial charge is 0.189 e. The number of rotatable bonds is 0. The largest absolute Gasteiger partial charge is 0.331 e. The van der Waals surface area contributed by atoms with Crippen LogP contribution in [0.3, 0.4) is 0 Å². The molecule has 1 saturated carbocycles. The fraction of sp³-hybridized carbons (Fsp3) is 0.857. The highest BCUT2D eigenvalue weighted by molar-refractivity contribution is 4.84. The maximum absolute atomic E-state index is 5.43. The lowest BCUT2D eigenvalue weighted by Gasteiger charge is -2.29. The van der Waals surface area contributed by atoms with Crippen LogP contribution in [-0.2, 0) is 9.57 Å². The molecule has 2 aliphatic rings. The van der Waals surface area contributed by atoms with E-state index in [4.69, 9.17) is 9.57 Å². The molecular weight excluding hydrogens is 130 g/mol. The van der Waals surface area contributed by atoms with E-state index in [2.05, 4.69) is 11.9 Å². The first-order valence-corrected chi connectivity index (χ1v) is 3.78. The van der Waals surface area contributed by atoms with Crippen LogP contribution in [0.2, 0.25) is 0 Å². The predicted molar refractivity (Wildman–Crippen MR) is 35.7 cm³/mol. The first-order chi connectivity index (χ1) is 4.91. The molecule has 0 aromatic rings. The summed E-state index contributed by atoms with van der Waals surface area (Å²) in [5, 5.41) is 0. The Morgan fingerprint density at radius 3 is 2.70 bits per heavy atom. The monoisotopic (exact) mass is 142 g/mol. The Morgan fingerprint density at radius 1 is 1.30 bits per heavy atom. The van der Waals surface area contributed by atoms with Crippen LogP contribution < -0.4 is 5.48 Å². The number of hydrogen-bond donors (Lipinski definition) is 1. The molecule has 1 N–H and O–H groups in total. The summed E-state index contributed by atoms with van der Waals surface area (Å²) in [6.45, 7) is 0.542. The van der Waals surface area contributed by atoms with Crippen molar-refractivity contribution in [2.24, 2.45) is 0 Å². The van der Waals surface area contributed by atoms with Gasteiger partial charge in [0.1, 0.15) is 6.73 Å². The Bertz CT molecular complexity index is 113. The van der Waals surface area contributed by atoms with E-state index in [0.29, 0.717) is 6.73 Å². The molecular formula is C7H12NO2. The molecule has 2 rings (SSSR count). The topological polar surface area (TPSA) is 30.5 Å². The Balaban J connectivity index is 1.98. The minimum Gasteiger partial charge on any atom is -0.331 e. The predicted octanol–water partition coefficient (Wildman–Crippen LogP) is 0.970. The summed E-state index contributed by atoms with van der Waals surface area (Å²) in [5.41, 5.74) is 2.75. The molecule has 0 amide bonds. The van der Waals surface area contributed by atoms with Crippen LogP contribution in [-0.4, -0.2) is 12.5 Å². The van der Waals surface area contributed by atoms with Gasteiger partial charge in [0.05, 0.1) is 0 Å². The van der Waals surface area contributed by atoms with E-state index in [1.807, 2.05) is 0 Å². The third kappa shape index (κ3) is 1.05. The molecule has 57 valence electrons. The molecule has 1 aliphatic heterocycles. The van der Waals surface area contributed by atoms with Crippen molar-refractivity contribution in [2.75, 3.05) is 6.73 Å². The lowest BCUT2D eigenvalue weighted by Crippen LogP contribution is -2.33. The second-order valence-corrected chi connectivity index (χ2v) is 2.81. The fourth-order valence-corrected chi connectivity index (χ4v) is 1.51. The molecule has 0 aromatic heterocycles. The molecule has 1 heterocycles. The summed E-state index contributed by atoms with van der Waals surface area (Å²) in [6, 6.07) is 0. The SMILES string of the molecule is [CH]1CCC2(CC1)OCNO2. The van der Waals surface area contributed by atoms with E-state index >= 15 is 0 Å². The lowest BCUT2D eigenvalue weighted by atomic mass is 9.94. The van der Waals surface area contributed by atoms with Gasteiger partial charge in [0.15, 0.2) is 5.79 Å². The van der Waals surface area contributed by atoms with E-state index in [0.717, 1.165) is 25.7 Å². The zero-order valence-electron chi connectivity index (χ0n) is 5.93. The fourth-order valence-electron chi connectivity index (χ4n) is 1.51. The number of nitrogens with one attached hydrogen (secondary N) is 1. The molecule has 0 atom stereocenters. The first kappa shape index (κ1) is 6.58. The molecule has 1 saturated heterocycles. The van der Waals surface area contributed by atoms with Crippen LogP contribution >= 0.6 is 0 Å². The quantitative estimate of drug-likeness (QED) is 0.546. The molecule has 3 heteroatoms. The summed E-state index contributed by atoms with van der Waals surface area (Å²) in [6.07, 6.45) is 6.51. The molecule has 1 aliphatic carbocycles. The van der Waals surface area contributed by atoms with Crippen molar-refractivity contribution in [3.05, 3.63) is 6.42 Å². The highest BCUT2D eigenvalue weighted by Crippen LogP contribution is 2.33. The van der Waals surface area contributed by atoms with Crippen molar-refractivity contribution in [2.45, 2.75) is 31.5 Å². The average molecular weight is 142 g/mol. The van der Waals surface area contributed by atoms with Gasteiger partial charge < -0.3 is 4.74 Å². The van der Waals surface area contributed by atoms with Gasteiger partial charge in [-0.1, -0.05) is 0 Å². The molecule has 1 radical (unpaired) electrons. The van der Waals surface area contributed by atoms with E-state index in [1.165, 1.54) is 0 Å². The molecule has 10 heavy (non-hydrogen) atoms. The van der Waals surface area contributed by atoms with Crippen molar-refractivity contribution < 1.29 is 9.57 Å². The van der Waals surface area contributed by atoms with Gasteiger partial charge in [-0.25, -0.2) is 0 Å². The van der Waals surface area contributed by atoms with E-state index in [1.54, 1.807) is 0 Å². The second-order valence-electron chi connectivity index (χ2n) is 2.81. The van der Waals surface area contributed by atoms with Crippen LogP contribution in [0.5, 0.6) is 0 Å². The molecule has 0 aromatic carbocycles. The third-order valence-corrected chi connectivity index (χ3v) is 2.11. The first-order valence-electron chi connectivity index (χ1n) is 3.78. The lowest BCUT2D eigenvalue weighted by molar-refractivity contribution is -0.187. The van der Waals surface area contributed by atoms with Gasteiger partial charge in [0.2, 0.25) is 0 Å². The number of ether oxygens (including phenoxy) is 1. The van der Waals surface area contributed by atoms with Gasteiger partial charge >= 0.3 is 0 Å². The second kappa shape index (κ2) is 2.49. The zero-order valence-corrected chi connectivity index (χ0v) is 5.93. The number of hydroxylamine groups is 1. The average Bonchev–Trinajstić information content (AvgIpc) is 2.39. The van der Waals surface area contributed by atoms with Gasteiger partial charge in [-0.15, -0.1) is 0 Å². The minimum atomic E-state index is -0.269. The highest BCUT2D eigenvalue weighted by atomic mass is 16.8. The molecule has 2 fully saturated rings. The van der Waals surface area contributed by atoms with Crippen LogP contribution in [0, 0.1) is 6.42 Å². The summed E-state index contributed by atoms with van der Waals surface area (Å²) in [5.74, 6) is -0.269. The highest BCUT2D eigenvalue weighted by Gasteiger charge is 2.37. The third-order valence-electron chi connectivity index (χ3n) is 2.11. The maximum Gasteiger partial charge on any atom is 0.189 e. The molecule has 0 bridgehead atoms. The Morgan fingerprint density at radius 2 is 2.10 bits per heavy atom. The molecule has 0 unspecified atom stereocenters. The standard InChI is InChI=1S/C7H12NO2/c1-2-4-7(5-3-1)9-6-8-10-7/h1,8H,2-6H2. The summed E-state index contributed by atoms with van der Waals surface area (Å²) in [7, 11) is 0. The van der Waals surface area contributed by atoms with Crippen LogP contribution in [0.1, 0.15) is 25.7 Å².